The zero-order valence-corrected chi connectivity index (χ0v) is 9.23. The second-order valence-electron chi connectivity index (χ2n) is 2.88. The topological polar surface area (TPSA) is 73.1 Å². The molecule has 0 saturated heterocycles. The lowest BCUT2D eigenvalue weighted by atomic mass is 10.4. The Morgan fingerprint density at radius 3 is 3.06 bits per heavy atom. The normalized spacial score (nSPS) is 10.1. The van der Waals surface area contributed by atoms with Crippen molar-refractivity contribution in [3.8, 4) is 5.75 Å². The van der Waals surface area contributed by atoms with Crippen molar-refractivity contribution in [2.75, 3.05) is 12.4 Å². The van der Waals surface area contributed by atoms with E-state index < -0.39 is 0 Å². The molecule has 2 aromatic heterocycles. The molecule has 0 aromatic carbocycles. The molecule has 6 nitrogen and oxygen atoms in total. The molecule has 0 aliphatic heterocycles. The molecule has 0 saturated carbocycles. The number of nitrogens with one attached hydrogen (secondary N) is 1. The number of nitrogens with zero attached hydrogens (tertiary/aromatic N) is 3. The number of methoxy groups -OCH3 is 1. The highest BCUT2D eigenvalue weighted by molar-refractivity contribution is 6.31. The Morgan fingerprint density at radius 2 is 2.38 bits per heavy atom. The molecular formula is C9H9ClN4O2. The standard InChI is InChI=1S/C9H9ClN4O2/c1-15-7-8(10)12-5-13-9(7)11-4-6-2-3-14-16-6/h2-3,5H,4H2,1H3,(H,11,12,13). The van der Waals surface area contributed by atoms with Crippen molar-refractivity contribution in [3.63, 3.8) is 0 Å². The van der Waals surface area contributed by atoms with Crippen LogP contribution in [0.15, 0.2) is 23.1 Å². The lowest BCUT2D eigenvalue weighted by Gasteiger charge is -2.08. The maximum atomic E-state index is 5.84. The van der Waals surface area contributed by atoms with Gasteiger partial charge < -0.3 is 14.6 Å². The van der Waals surface area contributed by atoms with Crippen molar-refractivity contribution in [3.05, 3.63) is 29.5 Å². The Hall–Kier alpha value is -1.82. The Balaban J connectivity index is 2.12. The minimum absolute atomic E-state index is 0.262. The smallest absolute Gasteiger partial charge is 0.198 e. The Morgan fingerprint density at radius 1 is 1.50 bits per heavy atom. The van der Waals surface area contributed by atoms with Gasteiger partial charge in [-0.2, -0.15) is 0 Å². The van der Waals surface area contributed by atoms with Gasteiger partial charge in [-0.25, -0.2) is 9.97 Å². The molecule has 0 amide bonds. The molecule has 0 aliphatic rings. The summed E-state index contributed by atoms with van der Waals surface area (Å²) in [5.41, 5.74) is 0. The molecule has 0 radical (unpaired) electrons. The fraction of sp³-hybridized carbons (Fsp3) is 0.222. The summed E-state index contributed by atoms with van der Waals surface area (Å²) in [5.74, 6) is 1.61. The van der Waals surface area contributed by atoms with Crippen molar-refractivity contribution >= 4 is 17.4 Å². The van der Waals surface area contributed by atoms with Crippen LogP contribution < -0.4 is 10.1 Å². The van der Waals surface area contributed by atoms with Gasteiger partial charge in [0.15, 0.2) is 22.5 Å². The molecule has 1 N–H and O–H groups in total. The third kappa shape index (κ3) is 2.22. The predicted octanol–water partition coefficient (Wildman–Crippen LogP) is 1.74. The average molecular weight is 241 g/mol. The van der Waals surface area contributed by atoms with Crippen LogP contribution >= 0.6 is 11.6 Å². The molecule has 0 bridgehead atoms. The summed E-state index contributed by atoms with van der Waals surface area (Å²) in [7, 11) is 1.50. The third-order valence-electron chi connectivity index (χ3n) is 1.89. The monoisotopic (exact) mass is 240 g/mol. The van der Waals surface area contributed by atoms with Gasteiger partial charge in [0.05, 0.1) is 19.9 Å². The van der Waals surface area contributed by atoms with Gasteiger partial charge in [-0.15, -0.1) is 0 Å². The minimum Gasteiger partial charge on any atom is -0.490 e. The molecular weight excluding hydrogens is 232 g/mol. The van der Waals surface area contributed by atoms with E-state index >= 15 is 0 Å². The molecule has 2 rings (SSSR count). The van der Waals surface area contributed by atoms with E-state index in [1.807, 2.05) is 0 Å². The van der Waals surface area contributed by atoms with Crippen LogP contribution in [-0.2, 0) is 6.54 Å². The van der Waals surface area contributed by atoms with Crippen molar-refractivity contribution in [1.82, 2.24) is 15.1 Å². The predicted molar refractivity (Wildman–Crippen MR) is 57.4 cm³/mol. The molecule has 2 heterocycles. The molecule has 0 unspecified atom stereocenters. The van der Waals surface area contributed by atoms with Gasteiger partial charge in [0.2, 0.25) is 0 Å². The lowest BCUT2D eigenvalue weighted by Crippen LogP contribution is -2.03. The Kier molecular flexibility index (Phi) is 3.21. The first kappa shape index (κ1) is 10.7. The zero-order chi connectivity index (χ0) is 11.4. The number of anilines is 1. The summed E-state index contributed by atoms with van der Waals surface area (Å²) in [6.45, 7) is 0.448. The SMILES string of the molecule is COc1c(Cl)ncnc1NCc1ccno1. The first-order chi connectivity index (χ1) is 7.81. The van der Waals surface area contributed by atoms with Crippen LogP contribution in [0.1, 0.15) is 5.76 Å². The molecule has 0 atom stereocenters. The van der Waals surface area contributed by atoms with Gasteiger partial charge in [-0.05, 0) is 0 Å². The first-order valence-electron chi connectivity index (χ1n) is 4.49. The summed E-state index contributed by atoms with van der Waals surface area (Å²) in [5, 5.41) is 6.86. The van der Waals surface area contributed by atoms with Crippen LogP contribution in [0.4, 0.5) is 5.82 Å². The van der Waals surface area contributed by atoms with Crippen LogP contribution in [0.25, 0.3) is 0 Å². The maximum absolute atomic E-state index is 5.84. The van der Waals surface area contributed by atoms with Gasteiger partial charge in [0, 0.05) is 6.07 Å². The van der Waals surface area contributed by atoms with E-state index in [1.165, 1.54) is 13.4 Å². The van der Waals surface area contributed by atoms with Crippen molar-refractivity contribution < 1.29 is 9.26 Å². The molecule has 16 heavy (non-hydrogen) atoms. The van der Waals surface area contributed by atoms with Gasteiger partial charge in [0.25, 0.3) is 0 Å². The van der Waals surface area contributed by atoms with Crippen molar-refractivity contribution in [1.29, 1.82) is 0 Å². The van der Waals surface area contributed by atoms with Crippen LogP contribution in [0, 0.1) is 0 Å². The number of rotatable bonds is 4. The van der Waals surface area contributed by atoms with Crippen molar-refractivity contribution in [2.45, 2.75) is 6.54 Å². The van der Waals surface area contributed by atoms with E-state index in [0.717, 1.165) is 0 Å². The highest BCUT2D eigenvalue weighted by Gasteiger charge is 2.10. The van der Waals surface area contributed by atoms with Crippen molar-refractivity contribution in [2.24, 2.45) is 0 Å². The number of ether oxygens (including phenoxy) is 1. The zero-order valence-electron chi connectivity index (χ0n) is 8.48. The van der Waals surface area contributed by atoms with E-state index in [9.17, 15) is 0 Å². The molecule has 7 heteroatoms. The molecule has 0 aliphatic carbocycles. The summed E-state index contributed by atoms with van der Waals surface area (Å²) in [6, 6.07) is 1.75. The van der Waals surface area contributed by atoms with Crippen LogP contribution in [-0.4, -0.2) is 22.2 Å². The van der Waals surface area contributed by atoms with Gasteiger partial charge in [-0.3, -0.25) is 0 Å². The summed E-state index contributed by atoms with van der Waals surface area (Å²) in [4.78, 5) is 7.83. The van der Waals surface area contributed by atoms with Crippen LogP contribution in [0.2, 0.25) is 5.15 Å². The number of aromatic nitrogens is 3. The van der Waals surface area contributed by atoms with E-state index in [1.54, 1.807) is 12.3 Å². The molecule has 84 valence electrons. The minimum atomic E-state index is 0.262. The third-order valence-corrected chi connectivity index (χ3v) is 2.16. The van der Waals surface area contributed by atoms with E-state index in [2.05, 4.69) is 20.4 Å². The summed E-state index contributed by atoms with van der Waals surface area (Å²) >= 11 is 5.84. The van der Waals surface area contributed by atoms with E-state index in [-0.39, 0.29) is 5.15 Å². The summed E-state index contributed by atoms with van der Waals surface area (Å²) in [6.07, 6.45) is 2.93. The molecule has 2 aromatic rings. The van der Waals surface area contributed by atoms with Gasteiger partial charge in [0.1, 0.15) is 6.33 Å². The largest absolute Gasteiger partial charge is 0.490 e. The fourth-order valence-corrected chi connectivity index (χ4v) is 1.37. The highest BCUT2D eigenvalue weighted by Crippen LogP contribution is 2.28. The fourth-order valence-electron chi connectivity index (χ4n) is 1.16. The first-order valence-corrected chi connectivity index (χ1v) is 4.87. The second kappa shape index (κ2) is 4.80. The van der Waals surface area contributed by atoms with Crippen LogP contribution in [0.3, 0.4) is 0 Å². The summed E-state index contributed by atoms with van der Waals surface area (Å²) < 4.78 is 10.0. The Labute approximate surface area is 96.6 Å². The quantitative estimate of drug-likeness (QED) is 0.821. The lowest BCUT2D eigenvalue weighted by molar-refractivity contribution is 0.387. The van der Waals surface area contributed by atoms with E-state index in [4.69, 9.17) is 20.9 Å². The van der Waals surface area contributed by atoms with Crippen LogP contribution in [0.5, 0.6) is 5.75 Å². The number of halogens is 1. The van der Waals surface area contributed by atoms with Gasteiger partial charge >= 0.3 is 0 Å². The highest BCUT2D eigenvalue weighted by atomic mass is 35.5. The Bertz CT molecular complexity index is 461. The second-order valence-corrected chi connectivity index (χ2v) is 3.24. The number of hydrogen-bond donors (Lipinski definition) is 1. The molecule has 0 fully saturated rings. The van der Waals surface area contributed by atoms with E-state index in [0.29, 0.717) is 23.9 Å². The average Bonchev–Trinajstić information content (AvgIpc) is 2.79. The number of hydrogen-bond acceptors (Lipinski definition) is 6. The van der Waals surface area contributed by atoms with Gasteiger partial charge in [-0.1, -0.05) is 16.8 Å². The molecule has 0 spiro atoms. The maximum Gasteiger partial charge on any atom is 0.198 e.